The molecule has 1 aliphatic rings. The highest BCUT2D eigenvalue weighted by atomic mass is 16.3. The Morgan fingerprint density at radius 3 is 2.55 bits per heavy atom. The Kier molecular flexibility index (Phi) is 4.28. The monoisotopic (exact) mass is 384 g/mol. The van der Waals surface area contributed by atoms with E-state index in [0.29, 0.717) is 18.5 Å². The summed E-state index contributed by atoms with van der Waals surface area (Å²) in [7, 11) is 0. The molecule has 4 aromatic rings. The Hall–Kier alpha value is -3.60. The lowest BCUT2D eigenvalue weighted by atomic mass is 10.1. The maximum Gasteiger partial charge on any atom is 0.255 e. The molecule has 144 valence electrons. The van der Waals surface area contributed by atoms with E-state index >= 15 is 0 Å². The Balaban J connectivity index is 1.33. The highest BCUT2D eigenvalue weighted by Crippen LogP contribution is 2.30. The lowest BCUT2D eigenvalue weighted by Gasteiger charge is -2.15. The first-order valence-electron chi connectivity index (χ1n) is 9.77. The number of para-hydroxylation sites is 1. The van der Waals surface area contributed by atoms with Gasteiger partial charge in [-0.1, -0.05) is 30.3 Å². The number of likely N-dealkylation sites (tertiary alicyclic amines) is 1. The molecule has 0 saturated carbocycles. The van der Waals surface area contributed by atoms with Gasteiger partial charge >= 0.3 is 0 Å². The molecule has 3 aromatic carbocycles. The van der Waals surface area contributed by atoms with Gasteiger partial charge < -0.3 is 14.6 Å². The number of rotatable bonds is 4. The summed E-state index contributed by atoms with van der Waals surface area (Å²) in [6.45, 7) is 1.41. The van der Waals surface area contributed by atoms with Crippen LogP contribution in [-0.2, 0) is 11.3 Å². The van der Waals surface area contributed by atoms with E-state index in [2.05, 4.69) is 5.32 Å². The van der Waals surface area contributed by atoms with Crippen molar-refractivity contribution in [2.75, 3.05) is 11.9 Å². The highest BCUT2D eigenvalue weighted by molar-refractivity contribution is 6.09. The number of hydrogen-bond acceptors (Lipinski definition) is 3. The van der Waals surface area contributed by atoms with Crippen molar-refractivity contribution in [3.63, 3.8) is 0 Å². The molecule has 1 fully saturated rings. The van der Waals surface area contributed by atoms with Crippen LogP contribution in [-0.4, -0.2) is 23.3 Å². The zero-order valence-electron chi connectivity index (χ0n) is 15.9. The van der Waals surface area contributed by atoms with E-state index in [4.69, 9.17) is 4.42 Å². The van der Waals surface area contributed by atoms with Gasteiger partial charge in [0.15, 0.2) is 0 Å². The molecule has 0 atom stereocenters. The summed E-state index contributed by atoms with van der Waals surface area (Å²) < 4.78 is 5.83. The van der Waals surface area contributed by atoms with Crippen LogP contribution in [0, 0.1) is 0 Å². The van der Waals surface area contributed by atoms with Crippen molar-refractivity contribution in [1.82, 2.24) is 4.90 Å². The van der Waals surface area contributed by atoms with Crippen molar-refractivity contribution in [2.45, 2.75) is 19.4 Å². The maximum atomic E-state index is 12.7. The van der Waals surface area contributed by atoms with Gasteiger partial charge in [0.2, 0.25) is 5.91 Å². The van der Waals surface area contributed by atoms with Crippen molar-refractivity contribution in [3.05, 3.63) is 77.9 Å². The van der Waals surface area contributed by atoms with Gasteiger partial charge in [-0.2, -0.15) is 0 Å². The number of carbonyl (C=O) groups is 2. The fourth-order valence-electron chi connectivity index (χ4n) is 3.86. The molecule has 2 heterocycles. The lowest BCUT2D eigenvalue weighted by molar-refractivity contribution is -0.128. The molecule has 5 rings (SSSR count). The highest BCUT2D eigenvalue weighted by Gasteiger charge is 2.20. The van der Waals surface area contributed by atoms with Crippen LogP contribution in [0.2, 0.25) is 0 Å². The van der Waals surface area contributed by atoms with Gasteiger partial charge in [-0.05, 0) is 48.4 Å². The molecule has 5 nitrogen and oxygen atoms in total. The molecule has 0 aliphatic carbocycles. The summed E-state index contributed by atoms with van der Waals surface area (Å²) in [5.74, 6) is 0.0370. The largest absolute Gasteiger partial charge is 0.456 e. The number of benzene rings is 3. The molecule has 0 radical (unpaired) electrons. The first kappa shape index (κ1) is 17.5. The zero-order chi connectivity index (χ0) is 19.8. The third kappa shape index (κ3) is 3.36. The van der Waals surface area contributed by atoms with Crippen molar-refractivity contribution in [1.29, 1.82) is 0 Å². The van der Waals surface area contributed by atoms with Gasteiger partial charge in [-0.25, -0.2) is 0 Å². The minimum absolute atomic E-state index is 0.166. The lowest BCUT2D eigenvalue weighted by Crippen LogP contribution is -2.23. The smallest absolute Gasteiger partial charge is 0.255 e. The number of nitrogens with zero attached hydrogens (tertiary/aromatic N) is 1. The van der Waals surface area contributed by atoms with Gasteiger partial charge in [0.05, 0.1) is 0 Å². The van der Waals surface area contributed by atoms with E-state index in [-0.39, 0.29) is 11.8 Å². The van der Waals surface area contributed by atoms with E-state index in [1.165, 1.54) is 0 Å². The fourth-order valence-corrected chi connectivity index (χ4v) is 3.86. The van der Waals surface area contributed by atoms with Gasteiger partial charge in [-0.15, -0.1) is 0 Å². The standard InChI is InChI=1S/C24H20N2O3/c27-23-6-3-13-26(23)15-16-7-9-17(10-8-16)24(28)25-18-11-12-22-20(14-18)19-4-1-2-5-21(19)29-22/h1-2,4-5,7-12,14H,3,6,13,15H2,(H,25,28). The average Bonchev–Trinajstić information content (AvgIpc) is 3.31. The molecular formula is C24H20N2O3. The maximum absolute atomic E-state index is 12.7. The second-order valence-electron chi connectivity index (χ2n) is 7.38. The number of nitrogens with one attached hydrogen (secondary N) is 1. The van der Waals surface area contributed by atoms with Crippen molar-refractivity contribution in [2.24, 2.45) is 0 Å². The minimum Gasteiger partial charge on any atom is -0.456 e. The molecule has 1 aliphatic heterocycles. The SMILES string of the molecule is O=C(Nc1ccc2oc3ccccc3c2c1)c1ccc(CN2CCCC2=O)cc1. The van der Waals surface area contributed by atoms with Crippen LogP contribution in [0.4, 0.5) is 5.69 Å². The third-order valence-electron chi connectivity index (χ3n) is 5.40. The zero-order valence-corrected chi connectivity index (χ0v) is 15.9. The molecule has 0 spiro atoms. The topological polar surface area (TPSA) is 62.6 Å². The molecule has 2 amide bonds. The molecular weight excluding hydrogens is 364 g/mol. The van der Waals surface area contributed by atoms with Crippen LogP contribution < -0.4 is 5.32 Å². The molecule has 1 aromatic heterocycles. The number of fused-ring (bicyclic) bond motifs is 3. The molecule has 0 bridgehead atoms. The van der Waals surface area contributed by atoms with Gasteiger partial charge in [0.1, 0.15) is 11.2 Å². The summed E-state index contributed by atoms with van der Waals surface area (Å²) in [5, 5.41) is 4.96. The predicted octanol–water partition coefficient (Wildman–Crippen LogP) is 4.96. The van der Waals surface area contributed by atoms with Crippen LogP contribution in [0.15, 0.2) is 71.1 Å². The Labute approximate surface area is 167 Å². The summed E-state index contributed by atoms with van der Waals surface area (Å²) in [5.41, 5.74) is 3.96. The summed E-state index contributed by atoms with van der Waals surface area (Å²) in [6, 6.07) is 20.9. The number of amides is 2. The van der Waals surface area contributed by atoms with E-state index < -0.39 is 0 Å². The fraction of sp³-hybridized carbons (Fsp3) is 0.167. The molecule has 1 saturated heterocycles. The van der Waals surface area contributed by atoms with Crippen LogP contribution in [0.5, 0.6) is 0 Å². The van der Waals surface area contributed by atoms with E-state index in [1.807, 2.05) is 59.5 Å². The van der Waals surface area contributed by atoms with Crippen LogP contribution in [0.3, 0.4) is 0 Å². The van der Waals surface area contributed by atoms with Crippen LogP contribution >= 0.6 is 0 Å². The van der Waals surface area contributed by atoms with Gasteiger partial charge in [0, 0.05) is 41.5 Å². The normalized spacial score (nSPS) is 14.1. The van der Waals surface area contributed by atoms with Crippen LogP contribution in [0.25, 0.3) is 21.9 Å². The number of hydrogen-bond donors (Lipinski definition) is 1. The second kappa shape index (κ2) is 7.09. The first-order valence-corrected chi connectivity index (χ1v) is 9.77. The van der Waals surface area contributed by atoms with E-state index in [9.17, 15) is 9.59 Å². The van der Waals surface area contributed by atoms with Gasteiger partial charge in [-0.3, -0.25) is 9.59 Å². The molecule has 29 heavy (non-hydrogen) atoms. The van der Waals surface area contributed by atoms with Crippen LogP contribution in [0.1, 0.15) is 28.8 Å². The average molecular weight is 384 g/mol. The van der Waals surface area contributed by atoms with Crippen molar-refractivity contribution in [3.8, 4) is 0 Å². The Morgan fingerprint density at radius 2 is 1.76 bits per heavy atom. The molecule has 0 unspecified atom stereocenters. The van der Waals surface area contributed by atoms with Crippen molar-refractivity contribution >= 4 is 39.4 Å². The number of anilines is 1. The summed E-state index contributed by atoms with van der Waals surface area (Å²) in [6.07, 6.45) is 1.56. The number of furan rings is 1. The Bertz CT molecular complexity index is 1220. The van der Waals surface area contributed by atoms with Crippen molar-refractivity contribution < 1.29 is 14.0 Å². The molecule has 5 heteroatoms. The number of carbonyl (C=O) groups excluding carboxylic acids is 2. The van der Waals surface area contributed by atoms with Gasteiger partial charge in [0.25, 0.3) is 5.91 Å². The summed E-state index contributed by atoms with van der Waals surface area (Å²) in [4.78, 5) is 26.3. The predicted molar refractivity (Wildman–Crippen MR) is 113 cm³/mol. The van der Waals surface area contributed by atoms with E-state index in [0.717, 1.165) is 46.2 Å². The van der Waals surface area contributed by atoms with E-state index in [1.54, 1.807) is 12.1 Å². The second-order valence-corrected chi connectivity index (χ2v) is 7.38. The third-order valence-corrected chi connectivity index (χ3v) is 5.40. The minimum atomic E-state index is -0.166. The first-order chi connectivity index (χ1) is 14.2. The summed E-state index contributed by atoms with van der Waals surface area (Å²) >= 11 is 0. The molecule has 1 N–H and O–H groups in total. The Morgan fingerprint density at radius 1 is 0.966 bits per heavy atom. The quantitative estimate of drug-likeness (QED) is 0.541.